The van der Waals surface area contributed by atoms with Crippen LogP contribution in [0.25, 0.3) is 0 Å². The van der Waals surface area contributed by atoms with Gasteiger partial charge in [0, 0.05) is 10.0 Å². The first-order valence-corrected chi connectivity index (χ1v) is 11.8. The van der Waals surface area contributed by atoms with Gasteiger partial charge in [-0.3, -0.25) is 9.10 Å². The number of ether oxygens (including phenoxy) is 1. The van der Waals surface area contributed by atoms with Crippen LogP contribution in [0.4, 0.5) is 11.4 Å². The molecule has 31 heavy (non-hydrogen) atoms. The van der Waals surface area contributed by atoms with Crippen LogP contribution in [0.3, 0.4) is 0 Å². The number of rotatable bonds is 7. The van der Waals surface area contributed by atoms with Gasteiger partial charge in [0.1, 0.15) is 12.3 Å². The maximum atomic E-state index is 12.8. The summed E-state index contributed by atoms with van der Waals surface area (Å²) in [5.74, 6) is 0.381. The van der Waals surface area contributed by atoms with Crippen molar-refractivity contribution in [3.05, 3.63) is 82.3 Å². The van der Waals surface area contributed by atoms with E-state index in [0.29, 0.717) is 38.5 Å². The number of nitrogens with zero attached hydrogens (tertiary/aromatic N) is 1. The average Bonchev–Trinajstić information content (AvgIpc) is 2.70. The molecule has 1 N–H and O–H groups in total. The lowest BCUT2D eigenvalue weighted by Crippen LogP contribution is -2.37. The molecule has 0 fully saturated rings. The van der Waals surface area contributed by atoms with E-state index >= 15 is 0 Å². The van der Waals surface area contributed by atoms with Crippen LogP contribution in [0, 0.1) is 6.92 Å². The summed E-state index contributed by atoms with van der Waals surface area (Å²) < 4.78 is 31.6. The molecule has 3 rings (SSSR count). The number of benzene rings is 3. The van der Waals surface area contributed by atoms with Gasteiger partial charge in [-0.15, -0.1) is 0 Å². The molecule has 3 aromatic carbocycles. The fraction of sp³-hybridized carbons (Fsp3) is 0.136. The smallest absolute Gasteiger partial charge is 0.245 e. The number of carbonyl (C=O) groups excluding carboxylic acids is 1. The molecule has 0 saturated heterocycles. The molecule has 162 valence electrons. The van der Waals surface area contributed by atoms with E-state index in [1.54, 1.807) is 43.3 Å². The van der Waals surface area contributed by atoms with Crippen LogP contribution < -0.4 is 14.4 Å². The van der Waals surface area contributed by atoms with Crippen LogP contribution in [-0.4, -0.2) is 27.1 Å². The summed E-state index contributed by atoms with van der Waals surface area (Å²) in [6.45, 7) is 1.29. The summed E-state index contributed by atoms with van der Waals surface area (Å²) in [7, 11) is -3.75. The van der Waals surface area contributed by atoms with E-state index in [-0.39, 0.29) is 0 Å². The van der Waals surface area contributed by atoms with Gasteiger partial charge in [0.25, 0.3) is 0 Å². The number of para-hydroxylation sites is 1. The number of nitrogens with one attached hydrogen (secondary N) is 1. The van der Waals surface area contributed by atoms with Crippen molar-refractivity contribution in [1.82, 2.24) is 0 Å². The molecule has 9 heteroatoms. The molecule has 0 spiro atoms. The lowest BCUT2D eigenvalue weighted by atomic mass is 10.2. The van der Waals surface area contributed by atoms with Gasteiger partial charge < -0.3 is 10.1 Å². The van der Waals surface area contributed by atoms with Crippen molar-refractivity contribution in [3.63, 3.8) is 0 Å². The fourth-order valence-electron chi connectivity index (χ4n) is 2.86. The number of hydrogen-bond acceptors (Lipinski definition) is 4. The molecule has 6 nitrogen and oxygen atoms in total. The average molecular weight is 479 g/mol. The van der Waals surface area contributed by atoms with E-state index in [4.69, 9.17) is 27.9 Å². The zero-order valence-corrected chi connectivity index (χ0v) is 19.1. The van der Waals surface area contributed by atoms with Crippen LogP contribution in [0.15, 0.2) is 66.7 Å². The fourth-order valence-corrected chi connectivity index (χ4v) is 4.10. The molecular weight excluding hydrogens is 459 g/mol. The van der Waals surface area contributed by atoms with Crippen LogP contribution >= 0.6 is 23.2 Å². The lowest BCUT2D eigenvalue weighted by Gasteiger charge is -2.24. The minimum Gasteiger partial charge on any atom is -0.455 e. The summed E-state index contributed by atoms with van der Waals surface area (Å²) in [4.78, 5) is 12.8. The van der Waals surface area contributed by atoms with E-state index in [2.05, 4.69) is 5.32 Å². The Morgan fingerprint density at radius 2 is 1.65 bits per heavy atom. The highest BCUT2D eigenvalue weighted by Gasteiger charge is 2.23. The number of sulfonamides is 1. The predicted molar refractivity (Wildman–Crippen MR) is 125 cm³/mol. The van der Waals surface area contributed by atoms with Gasteiger partial charge in [-0.1, -0.05) is 47.5 Å². The van der Waals surface area contributed by atoms with Crippen molar-refractivity contribution in [2.24, 2.45) is 0 Å². The van der Waals surface area contributed by atoms with Crippen LogP contribution in [0.2, 0.25) is 10.0 Å². The molecule has 3 aromatic rings. The third kappa shape index (κ3) is 6.13. The van der Waals surface area contributed by atoms with Crippen LogP contribution in [-0.2, 0) is 14.8 Å². The Bertz CT molecular complexity index is 1200. The zero-order chi connectivity index (χ0) is 22.6. The standard InChI is InChI=1S/C22H20Cl2N2O4S/c1-15-8-9-17(24)13-20(15)26(31(2,28)29)14-22(27)25-19-12-16(23)10-11-21(19)30-18-6-4-3-5-7-18/h3-13H,14H2,1-2H3,(H,25,27). The predicted octanol–water partition coefficient (Wildman–Crippen LogP) is 5.50. The number of halogens is 2. The van der Waals surface area contributed by atoms with Crippen molar-refractivity contribution in [2.45, 2.75) is 6.92 Å². The molecule has 0 saturated carbocycles. The van der Waals surface area contributed by atoms with E-state index in [1.807, 2.05) is 18.2 Å². The van der Waals surface area contributed by atoms with Gasteiger partial charge in [-0.25, -0.2) is 8.42 Å². The van der Waals surface area contributed by atoms with Crippen molar-refractivity contribution in [1.29, 1.82) is 0 Å². The molecular formula is C22H20Cl2N2O4S. The number of aryl methyl sites for hydroxylation is 1. The lowest BCUT2D eigenvalue weighted by molar-refractivity contribution is -0.114. The summed E-state index contributed by atoms with van der Waals surface area (Å²) >= 11 is 12.1. The van der Waals surface area contributed by atoms with Crippen molar-refractivity contribution in [2.75, 3.05) is 22.4 Å². The molecule has 0 aliphatic rings. The number of hydrogen-bond donors (Lipinski definition) is 1. The molecule has 0 bridgehead atoms. The quantitative estimate of drug-likeness (QED) is 0.486. The molecule has 0 aliphatic heterocycles. The van der Waals surface area contributed by atoms with Crippen molar-refractivity contribution in [3.8, 4) is 11.5 Å². The number of carbonyl (C=O) groups is 1. The first-order valence-electron chi connectivity index (χ1n) is 9.19. The normalized spacial score (nSPS) is 11.1. The SMILES string of the molecule is Cc1ccc(Cl)cc1N(CC(=O)Nc1cc(Cl)ccc1Oc1ccccc1)S(C)(=O)=O. The van der Waals surface area contributed by atoms with Gasteiger partial charge in [-0.05, 0) is 55.0 Å². The molecule has 0 aliphatic carbocycles. The molecule has 1 amide bonds. The van der Waals surface area contributed by atoms with Gasteiger partial charge in [0.15, 0.2) is 5.75 Å². The topological polar surface area (TPSA) is 75.7 Å². The molecule has 0 atom stereocenters. The van der Waals surface area contributed by atoms with Gasteiger partial charge in [0.2, 0.25) is 15.9 Å². The Balaban J connectivity index is 1.86. The first-order chi connectivity index (χ1) is 14.6. The minimum atomic E-state index is -3.75. The third-order valence-corrected chi connectivity index (χ3v) is 5.91. The number of amides is 1. The summed E-state index contributed by atoms with van der Waals surface area (Å²) in [6.07, 6.45) is 1.03. The Morgan fingerprint density at radius 1 is 1.00 bits per heavy atom. The van der Waals surface area contributed by atoms with Gasteiger partial charge >= 0.3 is 0 Å². The maximum absolute atomic E-state index is 12.8. The van der Waals surface area contributed by atoms with Crippen molar-refractivity contribution >= 4 is 50.5 Å². The molecule has 0 unspecified atom stereocenters. The van der Waals surface area contributed by atoms with Gasteiger partial charge in [-0.2, -0.15) is 0 Å². The Kier molecular flexibility index (Phi) is 7.10. The first kappa shape index (κ1) is 22.9. The van der Waals surface area contributed by atoms with E-state index in [0.717, 1.165) is 10.6 Å². The molecule has 0 heterocycles. The van der Waals surface area contributed by atoms with E-state index in [1.165, 1.54) is 12.1 Å². The molecule has 0 radical (unpaired) electrons. The molecule has 0 aromatic heterocycles. The second-order valence-electron chi connectivity index (χ2n) is 6.80. The highest BCUT2D eigenvalue weighted by Crippen LogP contribution is 2.32. The Morgan fingerprint density at radius 3 is 2.32 bits per heavy atom. The third-order valence-electron chi connectivity index (χ3n) is 4.31. The van der Waals surface area contributed by atoms with E-state index in [9.17, 15) is 13.2 Å². The highest BCUT2D eigenvalue weighted by molar-refractivity contribution is 7.92. The Hall–Kier alpha value is -2.74. The maximum Gasteiger partial charge on any atom is 0.245 e. The summed E-state index contributed by atoms with van der Waals surface area (Å²) in [6, 6.07) is 18.7. The number of anilines is 2. The van der Waals surface area contributed by atoms with Gasteiger partial charge in [0.05, 0.1) is 17.6 Å². The van der Waals surface area contributed by atoms with Crippen LogP contribution in [0.1, 0.15) is 5.56 Å². The summed E-state index contributed by atoms with van der Waals surface area (Å²) in [5, 5.41) is 3.44. The highest BCUT2D eigenvalue weighted by atomic mass is 35.5. The second kappa shape index (κ2) is 9.60. The second-order valence-corrected chi connectivity index (χ2v) is 9.58. The van der Waals surface area contributed by atoms with Crippen molar-refractivity contribution < 1.29 is 17.9 Å². The monoisotopic (exact) mass is 478 g/mol. The van der Waals surface area contributed by atoms with Crippen LogP contribution in [0.5, 0.6) is 11.5 Å². The van der Waals surface area contributed by atoms with E-state index < -0.39 is 22.5 Å². The largest absolute Gasteiger partial charge is 0.455 e. The summed E-state index contributed by atoms with van der Waals surface area (Å²) in [5.41, 5.74) is 1.31. The zero-order valence-electron chi connectivity index (χ0n) is 16.8. The Labute approximate surface area is 191 Å². The minimum absolute atomic E-state index is 0.317.